The van der Waals surface area contributed by atoms with Gasteiger partial charge in [0, 0.05) is 22.5 Å². The molecule has 0 atom stereocenters. The summed E-state index contributed by atoms with van der Waals surface area (Å²) >= 11 is 6.46. The van der Waals surface area contributed by atoms with Crippen LogP contribution < -0.4 is 15.4 Å². The minimum absolute atomic E-state index is 0.0662. The second-order valence-electron chi connectivity index (χ2n) is 6.00. The molecule has 0 saturated heterocycles. The molecule has 0 radical (unpaired) electrons. The van der Waals surface area contributed by atoms with Crippen LogP contribution in [0.15, 0.2) is 36.4 Å². The monoisotopic (exact) mass is 302 g/mol. The number of para-hydroxylation sites is 2. The minimum Gasteiger partial charge on any atom is -0.495 e. The van der Waals surface area contributed by atoms with Crippen molar-refractivity contribution >= 4 is 28.7 Å². The maximum Gasteiger partial charge on any atom is 0.142 e. The Morgan fingerprint density at radius 2 is 1.90 bits per heavy atom. The lowest BCUT2D eigenvalue weighted by molar-refractivity contribution is 0.416. The molecule has 3 rings (SSSR count). The van der Waals surface area contributed by atoms with Crippen LogP contribution in [0.2, 0.25) is 5.02 Å². The van der Waals surface area contributed by atoms with E-state index in [9.17, 15) is 0 Å². The number of anilines is 3. The summed E-state index contributed by atoms with van der Waals surface area (Å²) in [5.41, 5.74) is 9.98. The number of rotatable bonds is 2. The average molecular weight is 303 g/mol. The molecule has 1 heterocycles. The second-order valence-corrected chi connectivity index (χ2v) is 6.41. The first-order valence-electron chi connectivity index (χ1n) is 6.95. The molecule has 0 aliphatic carbocycles. The third-order valence-electron chi connectivity index (χ3n) is 4.04. The van der Waals surface area contributed by atoms with Crippen LogP contribution in [0.5, 0.6) is 5.75 Å². The largest absolute Gasteiger partial charge is 0.495 e. The van der Waals surface area contributed by atoms with E-state index >= 15 is 0 Å². The van der Waals surface area contributed by atoms with E-state index in [-0.39, 0.29) is 5.41 Å². The number of halogens is 1. The molecule has 3 nitrogen and oxygen atoms in total. The fourth-order valence-corrected chi connectivity index (χ4v) is 3.52. The number of nitrogens with two attached hydrogens (primary N) is 1. The maximum atomic E-state index is 6.46. The predicted molar refractivity (Wildman–Crippen MR) is 88.9 cm³/mol. The molecule has 0 amide bonds. The zero-order chi connectivity index (χ0) is 15.2. The molecule has 0 fully saturated rings. The quantitative estimate of drug-likeness (QED) is 0.838. The van der Waals surface area contributed by atoms with E-state index in [0.29, 0.717) is 0 Å². The summed E-state index contributed by atoms with van der Waals surface area (Å²) in [6.45, 7) is 5.20. The van der Waals surface area contributed by atoms with Gasteiger partial charge >= 0.3 is 0 Å². The summed E-state index contributed by atoms with van der Waals surface area (Å²) in [4.78, 5) is 2.20. The maximum absolute atomic E-state index is 6.46. The number of nitrogen functional groups attached to an aromatic ring is 1. The van der Waals surface area contributed by atoms with Crippen molar-refractivity contribution in [2.45, 2.75) is 19.3 Å². The van der Waals surface area contributed by atoms with Crippen LogP contribution >= 0.6 is 11.6 Å². The van der Waals surface area contributed by atoms with Gasteiger partial charge in [-0.25, -0.2) is 0 Å². The summed E-state index contributed by atoms with van der Waals surface area (Å²) in [6.07, 6.45) is 0. The van der Waals surface area contributed by atoms with E-state index < -0.39 is 0 Å². The van der Waals surface area contributed by atoms with Gasteiger partial charge in [0.15, 0.2) is 0 Å². The number of fused-ring (bicyclic) bond motifs is 1. The Hall–Kier alpha value is -1.87. The van der Waals surface area contributed by atoms with Crippen LogP contribution in [0.4, 0.5) is 17.1 Å². The smallest absolute Gasteiger partial charge is 0.142 e. The number of ether oxygens (including phenoxy) is 1. The van der Waals surface area contributed by atoms with E-state index in [4.69, 9.17) is 22.1 Å². The molecule has 0 aromatic heterocycles. The highest BCUT2D eigenvalue weighted by Gasteiger charge is 2.40. The number of methoxy groups -OCH3 is 1. The van der Waals surface area contributed by atoms with Gasteiger partial charge in [-0.2, -0.15) is 0 Å². The molecular weight excluding hydrogens is 284 g/mol. The summed E-state index contributed by atoms with van der Waals surface area (Å²) < 4.78 is 5.56. The van der Waals surface area contributed by atoms with Crippen LogP contribution in [0, 0.1) is 0 Å². The Morgan fingerprint density at radius 1 is 1.19 bits per heavy atom. The van der Waals surface area contributed by atoms with Crippen LogP contribution in [-0.4, -0.2) is 13.7 Å². The van der Waals surface area contributed by atoms with Crippen molar-refractivity contribution < 1.29 is 4.74 Å². The first-order valence-corrected chi connectivity index (χ1v) is 7.32. The Labute approximate surface area is 130 Å². The van der Waals surface area contributed by atoms with Gasteiger partial charge < -0.3 is 15.4 Å². The minimum atomic E-state index is -0.0662. The van der Waals surface area contributed by atoms with Crippen molar-refractivity contribution in [1.82, 2.24) is 0 Å². The molecule has 0 unspecified atom stereocenters. The van der Waals surface area contributed by atoms with Crippen molar-refractivity contribution in [1.29, 1.82) is 0 Å². The van der Waals surface area contributed by atoms with Gasteiger partial charge in [-0.05, 0) is 24.3 Å². The standard InChI is InChI=1S/C17H19ClN2O/c1-17(2)10-20(13-7-5-4-6-12(13)19)16-14(21-3)9-8-11(18)15(16)17/h4-9H,10,19H2,1-3H3. The molecule has 110 valence electrons. The average Bonchev–Trinajstić information content (AvgIpc) is 2.73. The van der Waals surface area contributed by atoms with Crippen molar-refractivity contribution in [2.24, 2.45) is 0 Å². The van der Waals surface area contributed by atoms with Crippen LogP contribution in [0.1, 0.15) is 19.4 Å². The summed E-state index contributed by atoms with van der Waals surface area (Å²) in [6, 6.07) is 11.7. The number of hydrogen-bond donors (Lipinski definition) is 1. The number of hydrogen-bond acceptors (Lipinski definition) is 3. The van der Waals surface area contributed by atoms with Gasteiger partial charge in [-0.3, -0.25) is 0 Å². The van der Waals surface area contributed by atoms with Gasteiger partial charge in [0.2, 0.25) is 0 Å². The molecule has 2 N–H and O–H groups in total. The Kier molecular flexibility index (Phi) is 3.25. The normalized spacial score (nSPS) is 15.9. The van der Waals surface area contributed by atoms with Crippen LogP contribution in [0.25, 0.3) is 0 Å². The highest BCUT2D eigenvalue weighted by molar-refractivity contribution is 6.32. The lowest BCUT2D eigenvalue weighted by Gasteiger charge is -2.24. The fourth-order valence-electron chi connectivity index (χ4n) is 3.12. The molecule has 1 aliphatic rings. The van der Waals surface area contributed by atoms with E-state index in [0.717, 1.165) is 39.9 Å². The zero-order valence-electron chi connectivity index (χ0n) is 12.5. The lowest BCUT2D eigenvalue weighted by atomic mass is 9.87. The third kappa shape index (κ3) is 2.12. The van der Waals surface area contributed by atoms with Gasteiger partial charge in [0.1, 0.15) is 5.75 Å². The molecule has 2 aromatic carbocycles. The van der Waals surface area contributed by atoms with Gasteiger partial charge in [0.05, 0.1) is 24.2 Å². The van der Waals surface area contributed by atoms with E-state index in [1.54, 1.807) is 7.11 Å². The second kappa shape index (κ2) is 4.85. The van der Waals surface area contributed by atoms with Gasteiger partial charge in [0.25, 0.3) is 0 Å². The first-order chi connectivity index (χ1) is 9.95. The molecule has 0 bridgehead atoms. The van der Waals surface area contributed by atoms with Crippen LogP contribution in [0.3, 0.4) is 0 Å². The Morgan fingerprint density at radius 3 is 2.57 bits per heavy atom. The fraction of sp³-hybridized carbons (Fsp3) is 0.294. The highest BCUT2D eigenvalue weighted by Crippen LogP contribution is 2.52. The topological polar surface area (TPSA) is 38.5 Å². The lowest BCUT2D eigenvalue weighted by Crippen LogP contribution is -2.25. The van der Waals surface area contributed by atoms with Crippen molar-refractivity contribution in [3.8, 4) is 5.75 Å². The Bertz CT molecular complexity index is 697. The van der Waals surface area contributed by atoms with Crippen molar-refractivity contribution in [3.05, 3.63) is 47.0 Å². The van der Waals surface area contributed by atoms with Crippen LogP contribution in [-0.2, 0) is 5.41 Å². The Balaban J connectivity index is 2.26. The first kappa shape index (κ1) is 14.1. The number of nitrogens with zero attached hydrogens (tertiary/aromatic N) is 1. The molecular formula is C17H19ClN2O. The highest BCUT2D eigenvalue weighted by atomic mass is 35.5. The zero-order valence-corrected chi connectivity index (χ0v) is 13.2. The molecule has 4 heteroatoms. The number of benzene rings is 2. The SMILES string of the molecule is COc1ccc(Cl)c2c1N(c1ccccc1N)CC2(C)C. The summed E-state index contributed by atoms with van der Waals surface area (Å²) in [5.74, 6) is 0.822. The molecule has 0 spiro atoms. The van der Waals surface area contributed by atoms with E-state index in [1.165, 1.54) is 0 Å². The van der Waals surface area contributed by atoms with Crippen molar-refractivity contribution in [2.75, 3.05) is 24.3 Å². The summed E-state index contributed by atoms with van der Waals surface area (Å²) in [5, 5.41) is 0.771. The summed E-state index contributed by atoms with van der Waals surface area (Å²) in [7, 11) is 1.68. The molecule has 1 aliphatic heterocycles. The van der Waals surface area contributed by atoms with E-state index in [1.807, 2.05) is 36.4 Å². The third-order valence-corrected chi connectivity index (χ3v) is 4.35. The molecule has 2 aromatic rings. The van der Waals surface area contributed by atoms with Gasteiger partial charge in [-0.15, -0.1) is 0 Å². The molecule has 0 saturated carbocycles. The van der Waals surface area contributed by atoms with Gasteiger partial charge in [-0.1, -0.05) is 37.6 Å². The van der Waals surface area contributed by atoms with Crippen molar-refractivity contribution in [3.63, 3.8) is 0 Å². The van der Waals surface area contributed by atoms with E-state index in [2.05, 4.69) is 18.7 Å². The predicted octanol–water partition coefficient (Wildman–Crippen LogP) is 4.36. The molecule has 21 heavy (non-hydrogen) atoms.